The molecule has 0 aromatic rings. The third kappa shape index (κ3) is 3.02. The first-order valence-electron chi connectivity index (χ1n) is 1.94. The fourth-order valence-corrected chi connectivity index (χ4v) is 0.605. The van der Waals surface area contributed by atoms with Crippen LogP contribution in [0.25, 0.3) is 0 Å². The molecule has 0 aliphatic rings. The molecule has 0 aromatic carbocycles. The molecule has 0 saturated carbocycles. The zero-order valence-corrected chi connectivity index (χ0v) is 6.05. The van der Waals surface area contributed by atoms with E-state index in [1.54, 1.807) is 6.08 Å². The van der Waals surface area contributed by atoms with Crippen LogP contribution in [-0.4, -0.2) is 17.8 Å². The lowest BCUT2D eigenvalue weighted by Gasteiger charge is -2.01. The summed E-state index contributed by atoms with van der Waals surface area (Å²) in [5, 5.41) is 8.39. The normalized spacial score (nSPS) is 13.4. The number of hydrogen-bond donors (Lipinski definition) is 2. The molecule has 0 saturated heterocycles. The summed E-state index contributed by atoms with van der Waals surface area (Å²) in [4.78, 5) is 0. The van der Waals surface area contributed by atoms with Crippen molar-refractivity contribution < 1.29 is 5.11 Å². The molecule has 0 fully saturated rings. The first-order chi connectivity index (χ1) is 3.35. The van der Waals surface area contributed by atoms with Gasteiger partial charge in [0.1, 0.15) is 0 Å². The molecule has 0 aliphatic heterocycles. The van der Waals surface area contributed by atoms with Gasteiger partial charge in [0.25, 0.3) is 0 Å². The van der Waals surface area contributed by atoms with E-state index >= 15 is 0 Å². The first kappa shape index (κ1) is 7.39. The van der Waals surface area contributed by atoms with E-state index in [1.165, 1.54) is 0 Å². The second kappa shape index (κ2) is 4.55. The minimum Gasteiger partial charge on any atom is -0.394 e. The largest absolute Gasteiger partial charge is 0.394 e. The van der Waals surface area contributed by atoms with Crippen molar-refractivity contribution in [1.29, 1.82) is 0 Å². The Hall–Kier alpha value is 0.390. The molecule has 0 heterocycles. The van der Waals surface area contributed by atoms with Crippen LogP contribution in [0.1, 0.15) is 0 Å². The molecule has 3 heteroatoms. The third-order valence-electron chi connectivity index (χ3n) is 0.621. The predicted molar refractivity (Wildman–Crippen MR) is 38.2 cm³/mol. The van der Waals surface area contributed by atoms with Crippen molar-refractivity contribution in [2.45, 2.75) is 6.04 Å². The van der Waals surface area contributed by atoms with E-state index in [0.29, 0.717) is 0 Å². The van der Waals surface area contributed by atoms with Crippen molar-refractivity contribution in [3.63, 3.8) is 0 Å². The minimum atomic E-state index is 0.0422. The van der Waals surface area contributed by atoms with Gasteiger partial charge in [0.05, 0.1) is 12.6 Å². The average Bonchev–Trinajstić information content (AvgIpc) is 1.72. The molecule has 0 unspecified atom stereocenters. The van der Waals surface area contributed by atoms with Crippen LogP contribution in [-0.2, 0) is 0 Å². The maximum absolute atomic E-state index is 8.39. The van der Waals surface area contributed by atoms with Gasteiger partial charge in [-0.1, -0.05) is 6.08 Å². The van der Waals surface area contributed by atoms with E-state index in [4.69, 9.17) is 5.11 Å². The minimum absolute atomic E-state index is 0.0422. The second-order valence-corrected chi connectivity index (χ2v) is 1.76. The van der Waals surface area contributed by atoms with Crippen LogP contribution < -0.4 is 3.53 Å². The van der Waals surface area contributed by atoms with Crippen molar-refractivity contribution in [2.75, 3.05) is 6.61 Å². The average molecular weight is 213 g/mol. The Morgan fingerprint density at radius 1 is 2.00 bits per heavy atom. The van der Waals surface area contributed by atoms with Gasteiger partial charge in [-0.15, -0.1) is 6.58 Å². The Labute approximate surface area is 57.1 Å². The highest BCUT2D eigenvalue weighted by Gasteiger charge is 1.93. The molecule has 42 valence electrons. The summed E-state index contributed by atoms with van der Waals surface area (Å²) in [5.74, 6) is 0. The maximum atomic E-state index is 8.39. The molecule has 0 spiro atoms. The SMILES string of the molecule is C=C[C@@H](CO)NI. The molecule has 0 rings (SSSR count). The van der Waals surface area contributed by atoms with Crippen molar-refractivity contribution >= 4 is 22.9 Å². The van der Waals surface area contributed by atoms with E-state index in [9.17, 15) is 0 Å². The van der Waals surface area contributed by atoms with Crippen LogP contribution in [0.4, 0.5) is 0 Å². The Bertz CT molecular complexity index is 53.7. The van der Waals surface area contributed by atoms with Crippen LogP contribution in [0.2, 0.25) is 0 Å². The standard InChI is InChI=1S/C4H8INO/c1-2-4(3-7)6-5/h2,4,6-7H,1,3H2/t4-/m0/s1. The molecule has 0 aromatic heterocycles. The van der Waals surface area contributed by atoms with Crippen LogP contribution in [0.3, 0.4) is 0 Å². The molecular formula is C4H8INO. The Morgan fingerprint density at radius 3 is 2.57 bits per heavy atom. The second-order valence-electron chi connectivity index (χ2n) is 1.13. The van der Waals surface area contributed by atoms with Crippen LogP contribution >= 0.6 is 22.9 Å². The molecule has 0 bridgehead atoms. The zero-order chi connectivity index (χ0) is 5.70. The van der Waals surface area contributed by atoms with Gasteiger partial charge in [-0.05, 0) is 0 Å². The van der Waals surface area contributed by atoms with E-state index in [2.05, 4.69) is 10.1 Å². The summed E-state index contributed by atoms with van der Waals surface area (Å²) in [7, 11) is 0. The van der Waals surface area contributed by atoms with Crippen molar-refractivity contribution in [3.05, 3.63) is 12.7 Å². The van der Waals surface area contributed by atoms with Crippen LogP contribution in [0.5, 0.6) is 0 Å². The van der Waals surface area contributed by atoms with Gasteiger partial charge in [0, 0.05) is 22.9 Å². The van der Waals surface area contributed by atoms with Gasteiger partial charge < -0.3 is 5.11 Å². The Morgan fingerprint density at radius 2 is 2.57 bits per heavy atom. The summed E-state index contributed by atoms with van der Waals surface area (Å²) in [6.45, 7) is 3.59. The molecule has 0 amide bonds. The number of aliphatic hydroxyl groups excluding tert-OH is 1. The molecule has 0 aliphatic carbocycles. The predicted octanol–water partition coefficient (Wildman–Crippen LogP) is 0.473. The fourth-order valence-electron chi connectivity index (χ4n) is 0.154. The van der Waals surface area contributed by atoms with Gasteiger partial charge in [-0.3, -0.25) is 3.53 Å². The highest BCUT2D eigenvalue weighted by molar-refractivity contribution is 14.1. The third-order valence-corrected chi connectivity index (χ3v) is 1.42. The lowest BCUT2D eigenvalue weighted by molar-refractivity contribution is 0.280. The summed E-state index contributed by atoms with van der Waals surface area (Å²) >= 11 is 1.97. The summed E-state index contributed by atoms with van der Waals surface area (Å²) < 4.78 is 2.80. The van der Waals surface area contributed by atoms with Crippen molar-refractivity contribution in [2.24, 2.45) is 0 Å². The molecule has 2 nitrogen and oxygen atoms in total. The fraction of sp³-hybridized carbons (Fsp3) is 0.500. The maximum Gasteiger partial charge on any atom is 0.0627 e. The molecular weight excluding hydrogens is 205 g/mol. The number of nitrogens with one attached hydrogen (secondary N) is 1. The molecule has 0 radical (unpaired) electrons. The van der Waals surface area contributed by atoms with Gasteiger partial charge in [0.2, 0.25) is 0 Å². The van der Waals surface area contributed by atoms with Gasteiger partial charge in [-0.25, -0.2) is 0 Å². The molecule has 1 atom stereocenters. The monoisotopic (exact) mass is 213 g/mol. The topological polar surface area (TPSA) is 32.3 Å². The van der Waals surface area contributed by atoms with E-state index in [-0.39, 0.29) is 12.6 Å². The number of aliphatic hydroxyl groups is 1. The highest BCUT2D eigenvalue weighted by Crippen LogP contribution is 1.84. The zero-order valence-electron chi connectivity index (χ0n) is 3.89. The summed E-state index contributed by atoms with van der Waals surface area (Å²) in [6.07, 6.45) is 1.66. The molecule has 7 heavy (non-hydrogen) atoms. The van der Waals surface area contributed by atoms with E-state index in [1.807, 2.05) is 22.9 Å². The smallest absolute Gasteiger partial charge is 0.0627 e. The quantitative estimate of drug-likeness (QED) is 0.405. The number of hydrogen-bond acceptors (Lipinski definition) is 2. The van der Waals surface area contributed by atoms with Gasteiger partial charge >= 0.3 is 0 Å². The first-order valence-corrected chi connectivity index (χ1v) is 3.02. The Balaban J connectivity index is 3.16. The highest BCUT2D eigenvalue weighted by atomic mass is 127. The number of halogens is 1. The van der Waals surface area contributed by atoms with Crippen LogP contribution in [0.15, 0.2) is 12.7 Å². The summed E-state index contributed by atoms with van der Waals surface area (Å²) in [5.41, 5.74) is 0. The van der Waals surface area contributed by atoms with Crippen molar-refractivity contribution in [1.82, 2.24) is 3.53 Å². The Kier molecular flexibility index (Phi) is 4.80. The lowest BCUT2D eigenvalue weighted by atomic mass is 10.3. The van der Waals surface area contributed by atoms with E-state index < -0.39 is 0 Å². The van der Waals surface area contributed by atoms with E-state index in [0.717, 1.165) is 0 Å². The summed E-state index contributed by atoms with van der Waals surface area (Å²) in [6, 6.07) is 0.0422. The van der Waals surface area contributed by atoms with Gasteiger partial charge in [-0.2, -0.15) is 0 Å². The lowest BCUT2D eigenvalue weighted by Crippen LogP contribution is -2.20. The molecule has 2 N–H and O–H groups in total. The van der Waals surface area contributed by atoms with Crippen LogP contribution in [0, 0.1) is 0 Å². The van der Waals surface area contributed by atoms with Crippen molar-refractivity contribution in [3.8, 4) is 0 Å². The van der Waals surface area contributed by atoms with Gasteiger partial charge in [0.15, 0.2) is 0 Å². The number of rotatable bonds is 3.